The van der Waals surface area contributed by atoms with Crippen LogP contribution >= 0.6 is 11.8 Å². The summed E-state index contributed by atoms with van der Waals surface area (Å²) in [6.07, 6.45) is 6.83. The number of nitrogens with zero attached hydrogens (tertiary/aromatic N) is 2. The van der Waals surface area contributed by atoms with E-state index in [9.17, 15) is 9.59 Å². The molecule has 0 saturated heterocycles. The number of hydrogen-bond donors (Lipinski definition) is 1. The molecule has 0 aromatic rings. The van der Waals surface area contributed by atoms with Crippen LogP contribution in [0.3, 0.4) is 0 Å². The lowest BCUT2D eigenvalue weighted by atomic mass is 10.1. The lowest BCUT2D eigenvalue weighted by Crippen LogP contribution is -2.40. The summed E-state index contributed by atoms with van der Waals surface area (Å²) in [5, 5.41) is 8.92. The molecule has 0 spiro atoms. The molecule has 0 radical (unpaired) electrons. The molecule has 0 fully saturated rings. The van der Waals surface area contributed by atoms with Crippen molar-refractivity contribution >= 4 is 28.7 Å². The molecule has 0 aliphatic carbocycles. The topological polar surface area (TPSA) is 61.8 Å². The predicted octanol–water partition coefficient (Wildman–Crippen LogP) is 3.07. The Hall–Kier alpha value is -1.04. The van der Waals surface area contributed by atoms with E-state index in [4.69, 9.17) is 0 Å². The van der Waals surface area contributed by atoms with Gasteiger partial charge in [-0.2, -0.15) is 0 Å². The summed E-state index contributed by atoms with van der Waals surface area (Å²) in [5.41, 5.74) is 0. The standard InChI is InChI=1S/C14H25N3O2S/c1-5-6-7-8-9-10-14(4)17(12(3)19)16-13(20-14)15-11(2)18/h5-10H2,1-4H3,(H,15,16,18)/t14-/m1/s1. The van der Waals surface area contributed by atoms with Crippen LogP contribution in [-0.2, 0) is 9.59 Å². The molecule has 20 heavy (non-hydrogen) atoms. The van der Waals surface area contributed by atoms with E-state index >= 15 is 0 Å². The Labute approximate surface area is 125 Å². The van der Waals surface area contributed by atoms with Crippen molar-refractivity contribution in [1.29, 1.82) is 0 Å². The van der Waals surface area contributed by atoms with Crippen molar-refractivity contribution in [1.82, 2.24) is 10.3 Å². The van der Waals surface area contributed by atoms with Gasteiger partial charge in [-0.05, 0) is 13.3 Å². The SMILES string of the molecule is CCCCCCC[C@@]1(C)SC(NC(C)=O)=NN1C(C)=O. The molecule has 1 aliphatic rings. The maximum atomic E-state index is 11.7. The fraction of sp³-hybridized carbons (Fsp3) is 0.786. The first-order chi connectivity index (χ1) is 9.39. The van der Waals surface area contributed by atoms with Gasteiger partial charge in [0.05, 0.1) is 0 Å². The Morgan fingerprint density at radius 3 is 2.45 bits per heavy atom. The molecule has 1 N–H and O–H groups in total. The van der Waals surface area contributed by atoms with Gasteiger partial charge >= 0.3 is 0 Å². The highest BCUT2D eigenvalue weighted by Gasteiger charge is 2.41. The number of amides is 2. The number of rotatable bonds is 6. The first-order valence-electron chi connectivity index (χ1n) is 7.25. The second-order valence-corrected chi connectivity index (χ2v) is 6.83. The number of carbonyl (C=O) groups excluding carboxylic acids is 2. The molecule has 0 bridgehead atoms. The van der Waals surface area contributed by atoms with E-state index in [0.717, 1.165) is 12.8 Å². The summed E-state index contributed by atoms with van der Waals surface area (Å²) in [6.45, 7) is 7.16. The number of hydrazone groups is 1. The fourth-order valence-corrected chi connectivity index (χ4v) is 3.52. The van der Waals surface area contributed by atoms with Crippen LogP contribution in [0, 0.1) is 0 Å². The van der Waals surface area contributed by atoms with Crippen molar-refractivity contribution in [3.63, 3.8) is 0 Å². The van der Waals surface area contributed by atoms with Gasteiger partial charge in [-0.25, -0.2) is 5.01 Å². The average Bonchev–Trinajstić information content (AvgIpc) is 2.65. The van der Waals surface area contributed by atoms with Crippen molar-refractivity contribution in [3.05, 3.63) is 0 Å². The molecular formula is C14H25N3O2S. The van der Waals surface area contributed by atoms with Crippen LogP contribution in [0.15, 0.2) is 5.10 Å². The molecule has 5 nitrogen and oxygen atoms in total. The van der Waals surface area contributed by atoms with Gasteiger partial charge in [0.15, 0.2) is 5.17 Å². The maximum absolute atomic E-state index is 11.7. The van der Waals surface area contributed by atoms with Crippen molar-refractivity contribution in [3.8, 4) is 0 Å². The third-order valence-corrected chi connectivity index (χ3v) is 4.47. The number of hydrogen-bond acceptors (Lipinski definition) is 4. The largest absolute Gasteiger partial charge is 0.304 e. The highest BCUT2D eigenvalue weighted by Crippen LogP contribution is 2.40. The maximum Gasteiger partial charge on any atom is 0.240 e. The highest BCUT2D eigenvalue weighted by atomic mass is 32.2. The first kappa shape index (κ1) is 17.0. The smallest absolute Gasteiger partial charge is 0.240 e. The molecule has 1 atom stereocenters. The zero-order valence-corrected chi connectivity index (χ0v) is 13.7. The van der Waals surface area contributed by atoms with E-state index in [0.29, 0.717) is 5.17 Å². The molecule has 1 heterocycles. The van der Waals surface area contributed by atoms with E-state index in [1.165, 1.54) is 56.3 Å². The fourth-order valence-electron chi connectivity index (χ4n) is 2.29. The first-order valence-corrected chi connectivity index (χ1v) is 8.06. The van der Waals surface area contributed by atoms with Gasteiger partial charge in [-0.3, -0.25) is 9.59 Å². The second-order valence-electron chi connectivity index (χ2n) is 5.36. The van der Waals surface area contributed by atoms with Crippen LogP contribution in [0.4, 0.5) is 0 Å². The molecular weight excluding hydrogens is 274 g/mol. The van der Waals surface area contributed by atoms with Crippen LogP contribution in [-0.4, -0.2) is 26.9 Å². The van der Waals surface area contributed by atoms with Gasteiger partial charge in [-0.15, -0.1) is 5.10 Å². The Bertz CT molecular complexity index is 398. The zero-order chi connectivity index (χ0) is 15.2. The summed E-state index contributed by atoms with van der Waals surface area (Å²) in [7, 11) is 0. The number of carbonyl (C=O) groups is 2. The molecule has 1 rings (SSSR count). The molecule has 2 amide bonds. The van der Waals surface area contributed by atoms with E-state index in [1.54, 1.807) is 0 Å². The third kappa shape index (κ3) is 4.81. The van der Waals surface area contributed by atoms with Crippen molar-refractivity contribution < 1.29 is 9.59 Å². The summed E-state index contributed by atoms with van der Waals surface area (Å²) in [4.78, 5) is 22.5. The molecule has 0 saturated carbocycles. The highest BCUT2D eigenvalue weighted by molar-refractivity contribution is 8.15. The molecule has 1 aliphatic heterocycles. The Balaban J connectivity index is 2.58. The van der Waals surface area contributed by atoms with Crippen molar-refractivity contribution in [2.75, 3.05) is 0 Å². The van der Waals surface area contributed by atoms with Crippen LogP contribution in [0.5, 0.6) is 0 Å². The zero-order valence-electron chi connectivity index (χ0n) is 12.9. The predicted molar refractivity (Wildman–Crippen MR) is 83.1 cm³/mol. The molecule has 6 heteroatoms. The lowest BCUT2D eigenvalue weighted by molar-refractivity contribution is -0.131. The minimum Gasteiger partial charge on any atom is -0.304 e. The minimum absolute atomic E-state index is 0.0890. The van der Waals surface area contributed by atoms with Crippen LogP contribution in [0.1, 0.15) is 66.2 Å². The number of thioether (sulfide) groups is 1. The molecule has 0 unspecified atom stereocenters. The van der Waals surface area contributed by atoms with Gasteiger partial charge in [0, 0.05) is 13.8 Å². The van der Waals surface area contributed by atoms with Gasteiger partial charge in [0.25, 0.3) is 0 Å². The van der Waals surface area contributed by atoms with Crippen LogP contribution in [0.2, 0.25) is 0 Å². The monoisotopic (exact) mass is 299 g/mol. The third-order valence-electron chi connectivity index (χ3n) is 3.28. The lowest BCUT2D eigenvalue weighted by Gasteiger charge is -2.30. The summed E-state index contributed by atoms with van der Waals surface area (Å²) in [5.74, 6) is -0.249. The quantitative estimate of drug-likeness (QED) is 0.767. The summed E-state index contributed by atoms with van der Waals surface area (Å²) < 4.78 is 0. The minimum atomic E-state index is -0.379. The van der Waals surface area contributed by atoms with Crippen LogP contribution < -0.4 is 5.32 Å². The van der Waals surface area contributed by atoms with Crippen LogP contribution in [0.25, 0.3) is 0 Å². The van der Waals surface area contributed by atoms with Gasteiger partial charge in [0.1, 0.15) is 4.87 Å². The Morgan fingerprint density at radius 2 is 1.90 bits per heavy atom. The summed E-state index contributed by atoms with van der Waals surface area (Å²) >= 11 is 1.46. The summed E-state index contributed by atoms with van der Waals surface area (Å²) in [6, 6.07) is 0. The van der Waals surface area contributed by atoms with Crippen molar-refractivity contribution in [2.45, 2.75) is 71.1 Å². The molecule has 114 valence electrons. The number of unbranched alkanes of at least 4 members (excludes halogenated alkanes) is 4. The van der Waals surface area contributed by atoms with Gasteiger partial charge in [-0.1, -0.05) is 50.8 Å². The second kappa shape index (κ2) is 7.67. The van der Waals surface area contributed by atoms with E-state index in [2.05, 4.69) is 17.3 Å². The van der Waals surface area contributed by atoms with E-state index in [1.807, 2.05) is 6.92 Å². The number of nitrogens with one attached hydrogen (secondary N) is 1. The van der Waals surface area contributed by atoms with Gasteiger partial charge < -0.3 is 5.32 Å². The van der Waals surface area contributed by atoms with Gasteiger partial charge in [0.2, 0.25) is 11.8 Å². The van der Waals surface area contributed by atoms with E-state index in [-0.39, 0.29) is 16.7 Å². The Kier molecular flexibility index (Phi) is 6.52. The molecule has 0 aromatic carbocycles. The normalized spacial score (nSPS) is 21.8. The van der Waals surface area contributed by atoms with E-state index < -0.39 is 0 Å². The number of amidine groups is 1. The Morgan fingerprint density at radius 1 is 1.25 bits per heavy atom. The van der Waals surface area contributed by atoms with Crippen molar-refractivity contribution in [2.24, 2.45) is 5.10 Å². The average molecular weight is 299 g/mol. The molecule has 0 aromatic heterocycles.